The van der Waals surface area contributed by atoms with Gasteiger partial charge in [-0.15, -0.1) is 0 Å². The first-order valence-electron chi connectivity index (χ1n) is 6.00. The second-order valence-electron chi connectivity index (χ2n) is 3.47. The van der Waals surface area contributed by atoms with Crippen molar-refractivity contribution in [2.24, 2.45) is 5.73 Å². The molecule has 0 aliphatic heterocycles. The number of carboxylic acids is 1. The van der Waals surface area contributed by atoms with Gasteiger partial charge in [0.05, 0.1) is 13.2 Å². The average Bonchev–Trinajstić information content (AvgIpc) is 2.42. The van der Waals surface area contributed by atoms with Gasteiger partial charge in [-0.2, -0.15) is 0 Å². The SMILES string of the molecule is CCCC=O.COCc1ccccc1.NCC(=O)O. The Morgan fingerprint density at radius 1 is 1.37 bits per heavy atom. The first-order valence-corrected chi connectivity index (χ1v) is 6.00. The molecule has 19 heavy (non-hydrogen) atoms. The summed E-state index contributed by atoms with van der Waals surface area (Å²) in [5, 5.41) is 7.60. The van der Waals surface area contributed by atoms with Crippen LogP contribution in [-0.4, -0.2) is 31.0 Å². The van der Waals surface area contributed by atoms with Crippen molar-refractivity contribution in [2.45, 2.75) is 26.4 Å². The van der Waals surface area contributed by atoms with Crippen LogP contribution in [0.2, 0.25) is 0 Å². The Balaban J connectivity index is 0. The lowest BCUT2D eigenvalue weighted by Gasteiger charge is -1.95. The molecule has 0 saturated heterocycles. The van der Waals surface area contributed by atoms with Crippen LogP contribution in [0, 0.1) is 0 Å². The van der Waals surface area contributed by atoms with Gasteiger partial charge in [-0.05, 0) is 12.0 Å². The van der Waals surface area contributed by atoms with Gasteiger partial charge in [-0.1, -0.05) is 37.3 Å². The minimum absolute atomic E-state index is 0.278. The fourth-order valence-corrected chi connectivity index (χ4v) is 0.859. The molecule has 0 amide bonds. The molecule has 5 heteroatoms. The van der Waals surface area contributed by atoms with Gasteiger partial charge in [0.2, 0.25) is 0 Å². The van der Waals surface area contributed by atoms with Gasteiger partial charge in [0.1, 0.15) is 6.29 Å². The van der Waals surface area contributed by atoms with Crippen molar-refractivity contribution < 1.29 is 19.4 Å². The van der Waals surface area contributed by atoms with E-state index < -0.39 is 5.97 Å². The van der Waals surface area contributed by atoms with E-state index in [2.05, 4.69) is 5.73 Å². The zero-order valence-corrected chi connectivity index (χ0v) is 11.5. The summed E-state index contributed by atoms with van der Waals surface area (Å²) < 4.78 is 4.93. The molecule has 0 aliphatic carbocycles. The number of rotatable bonds is 5. The average molecular weight is 269 g/mol. The van der Waals surface area contributed by atoms with Crippen molar-refractivity contribution >= 4 is 12.3 Å². The van der Waals surface area contributed by atoms with E-state index in [0.29, 0.717) is 13.0 Å². The third-order valence-corrected chi connectivity index (χ3v) is 1.73. The molecular formula is C14H23NO4. The standard InChI is InChI=1S/C8H10O.C4H8O.C2H5NO2/c1-9-7-8-5-3-2-4-6-8;1-2-3-4-5;3-1-2(4)5/h2-6H,7H2,1H3;4H,2-3H2,1H3;1,3H2,(H,4,5). The second kappa shape index (κ2) is 16.3. The molecule has 1 aromatic carbocycles. The molecule has 0 heterocycles. The van der Waals surface area contributed by atoms with Gasteiger partial charge in [-0.3, -0.25) is 4.79 Å². The number of hydrogen-bond donors (Lipinski definition) is 2. The van der Waals surface area contributed by atoms with Crippen LogP contribution in [0.15, 0.2) is 30.3 Å². The first kappa shape index (κ1) is 19.6. The number of carbonyl (C=O) groups is 2. The molecule has 1 rings (SSSR count). The Labute approximate surface area is 114 Å². The molecule has 3 N–H and O–H groups in total. The zero-order chi connectivity index (χ0) is 14.9. The molecule has 1 aromatic rings. The number of aliphatic carboxylic acids is 1. The fraction of sp³-hybridized carbons (Fsp3) is 0.429. The fourth-order valence-electron chi connectivity index (χ4n) is 0.859. The summed E-state index contributed by atoms with van der Waals surface area (Å²) in [6.07, 6.45) is 2.61. The largest absolute Gasteiger partial charge is 0.480 e. The van der Waals surface area contributed by atoms with Crippen molar-refractivity contribution in [2.75, 3.05) is 13.7 Å². The Hall–Kier alpha value is -1.72. The number of methoxy groups -OCH3 is 1. The van der Waals surface area contributed by atoms with E-state index in [-0.39, 0.29) is 6.54 Å². The molecule has 0 bridgehead atoms. The normalized spacial score (nSPS) is 8.37. The number of ether oxygens (including phenoxy) is 1. The molecule has 0 spiro atoms. The number of hydrogen-bond acceptors (Lipinski definition) is 4. The summed E-state index contributed by atoms with van der Waals surface area (Å²) in [6, 6.07) is 10.1. The van der Waals surface area contributed by atoms with Crippen LogP contribution in [0.3, 0.4) is 0 Å². The number of unbranched alkanes of at least 4 members (excludes halogenated alkanes) is 1. The van der Waals surface area contributed by atoms with Gasteiger partial charge in [-0.25, -0.2) is 0 Å². The van der Waals surface area contributed by atoms with Gasteiger partial charge in [0, 0.05) is 13.5 Å². The Kier molecular flexibility index (Phi) is 16.8. The van der Waals surface area contributed by atoms with Crippen LogP contribution in [0.25, 0.3) is 0 Å². The van der Waals surface area contributed by atoms with Crippen molar-refractivity contribution in [3.8, 4) is 0 Å². The van der Waals surface area contributed by atoms with Crippen molar-refractivity contribution in [3.63, 3.8) is 0 Å². The second-order valence-corrected chi connectivity index (χ2v) is 3.47. The predicted octanol–water partition coefficient (Wildman–Crippen LogP) is 1.85. The number of aldehydes is 1. The molecule has 0 unspecified atom stereocenters. The maximum atomic E-state index is 9.40. The number of carbonyl (C=O) groups excluding carboxylic acids is 1. The highest BCUT2D eigenvalue weighted by Crippen LogP contribution is 1.98. The molecule has 0 fully saturated rings. The van der Waals surface area contributed by atoms with Gasteiger partial charge < -0.3 is 20.4 Å². The topological polar surface area (TPSA) is 89.6 Å². The van der Waals surface area contributed by atoms with E-state index in [4.69, 9.17) is 9.84 Å². The number of nitrogens with two attached hydrogens (primary N) is 1. The van der Waals surface area contributed by atoms with E-state index >= 15 is 0 Å². The van der Waals surface area contributed by atoms with Gasteiger partial charge in [0.25, 0.3) is 0 Å². The zero-order valence-electron chi connectivity index (χ0n) is 11.5. The number of carboxylic acid groups (broad SMARTS) is 1. The maximum absolute atomic E-state index is 9.40. The van der Waals surface area contributed by atoms with Crippen LogP contribution < -0.4 is 5.73 Å². The Morgan fingerprint density at radius 3 is 2.16 bits per heavy atom. The summed E-state index contributed by atoms with van der Waals surface area (Å²) in [5.41, 5.74) is 5.79. The molecule has 108 valence electrons. The lowest BCUT2D eigenvalue weighted by atomic mass is 10.2. The smallest absolute Gasteiger partial charge is 0.317 e. The molecule has 0 aromatic heterocycles. The Morgan fingerprint density at radius 2 is 1.89 bits per heavy atom. The maximum Gasteiger partial charge on any atom is 0.317 e. The van der Waals surface area contributed by atoms with E-state index in [1.807, 2.05) is 37.3 Å². The third kappa shape index (κ3) is 18.8. The Bertz CT molecular complexity index is 314. The summed E-state index contributed by atoms with van der Waals surface area (Å²) in [5.74, 6) is -0.968. The van der Waals surface area contributed by atoms with E-state index in [1.165, 1.54) is 5.56 Å². The van der Waals surface area contributed by atoms with Crippen molar-refractivity contribution in [3.05, 3.63) is 35.9 Å². The van der Waals surface area contributed by atoms with Crippen LogP contribution >= 0.6 is 0 Å². The lowest BCUT2D eigenvalue weighted by Crippen LogP contribution is -2.10. The minimum atomic E-state index is -0.968. The van der Waals surface area contributed by atoms with E-state index in [1.54, 1.807) is 7.11 Å². The first-order chi connectivity index (χ1) is 9.12. The summed E-state index contributed by atoms with van der Waals surface area (Å²) >= 11 is 0. The van der Waals surface area contributed by atoms with Crippen LogP contribution in [0.5, 0.6) is 0 Å². The summed E-state index contributed by atoms with van der Waals surface area (Å²) in [6.45, 7) is 2.41. The van der Waals surface area contributed by atoms with E-state index in [0.717, 1.165) is 12.7 Å². The molecule has 0 saturated carbocycles. The quantitative estimate of drug-likeness (QED) is 0.796. The highest BCUT2D eigenvalue weighted by molar-refractivity contribution is 5.68. The van der Waals surface area contributed by atoms with E-state index in [9.17, 15) is 9.59 Å². The molecular weight excluding hydrogens is 246 g/mol. The molecule has 0 aliphatic rings. The van der Waals surface area contributed by atoms with Crippen LogP contribution in [0.1, 0.15) is 25.3 Å². The molecule has 0 radical (unpaired) electrons. The molecule has 0 atom stereocenters. The third-order valence-electron chi connectivity index (χ3n) is 1.73. The highest BCUT2D eigenvalue weighted by atomic mass is 16.5. The monoisotopic (exact) mass is 269 g/mol. The van der Waals surface area contributed by atoms with Crippen LogP contribution in [-0.2, 0) is 20.9 Å². The lowest BCUT2D eigenvalue weighted by molar-refractivity contribution is -0.135. The van der Waals surface area contributed by atoms with Crippen molar-refractivity contribution in [1.29, 1.82) is 0 Å². The minimum Gasteiger partial charge on any atom is -0.480 e. The van der Waals surface area contributed by atoms with Crippen LogP contribution in [0.4, 0.5) is 0 Å². The number of benzene rings is 1. The summed E-state index contributed by atoms with van der Waals surface area (Å²) in [4.78, 5) is 18.6. The highest BCUT2D eigenvalue weighted by Gasteiger charge is 1.84. The van der Waals surface area contributed by atoms with Gasteiger partial charge >= 0.3 is 5.97 Å². The molecule has 5 nitrogen and oxygen atoms in total. The predicted molar refractivity (Wildman–Crippen MR) is 74.8 cm³/mol. The van der Waals surface area contributed by atoms with Gasteiger partial charge in [0.15, 0.2) is 0 Å². The van der Waals surface area contributed by atoms with Crippen molar-refractivity contribution in [1.82, 2.24) is 0 Å². The summed E-state index contributed by atoms with van der Waals surface area (Å²) in [7, 11) is 1.70.